The maximum absolute atomic E-state index is 14.3. The zero-order valence-electron chi connectivity index (χ0n) is 24.1. The summed E-state index contributed by atoms with van der Waals surface area (Å²) >= 11 is 0. The number of methoxy groups -OCH3 is 1. The van der Waals surface area contributed by atoms with Gasteiger partial charge in [0.15, 0.2) is 0 Å². The van der Waals surface area contributed by atoms with E-state index in [2.05, 4.69) is 9.47 Å². The van der Waals surface area contributed by atoms with Crippen LogP contribution in [0.3, 0.4) is 0 Å². The normalized spacial score (nSPS) is 22.6. The summed E-state index contributed by atoms with van der Waals surface area (Å²) in [4.78, 5) is 24.6. The minimum atomic E-state index is -0.458. The molecule has 0 bridgehead atoms. The zero-order chi connectivity index (χ0) is 29.7. The van der Waals surface area contributed by atoms with E-state index in [1.165, 1.54) is 13.2 Å². The van der Waals surface area contributed by atoms with E-state index in [1.807, 2.05) is 37.3 Å². The molecule has 43 heavy (non-hydrogen) atoms. The molecular weight excluding hydrogens is 549 g/mol. The molecule has 10 heteroatoms. The second kappa shape index (κ2) is 11.1. The van der Waals surface area contributed by atoms with Crippen LogP contribution in [0.2, 0.25) is 0 Å². The van der Waals surface area contributed by atoms with Crippen molar-refractivity contribution >= 4 is 17.0 Å². The molecule has 1 saturated carbocycles. The van der Waals surface area contributed by atoms with E-state index in [0.29, 0.717) is 41.3 Å². The van der Waals surface area contributed by atoms with Gasteiger partial charge in [-0.3, -0.25) is 4.90 Å². The molecule has 3 fully saturated rings. The first kappa shape index (κ1) is 27.5. The van der Waals surface area contributed by atoms with Gasteiger partial charge >= 0.3 is 5.97 Å². The number of halogens is 1. The molecule has 220 valence electrons. The molecule has 2 saturated heterocycles. The maximum Gasteiger partial charge on any atom is 0.337 e. The molecule has 3 aliphatic rings. The molecular formula is C33H32FN5O4. The minimum absolute atomic E-state index is 0.0484. The van der Waals surface area contributed by atoms with Gasteiger partial charge < -0.3 is 18.8 Å². The van der Waals surface area contributed by atoms with Crippen molar-refractivity contribution in [3.63, 3.8) is 0 Å². The number of benzene rings is 2. The Morgan fingerprint density at radius 3 is 2.67 bits per heavy atom. The van der Waals surface area contributed by atoms with Crippen LogP contribution in [0.5, 0.6) is 5.88 Å². The highest BCUT2D eigenvalue weighted by Crippen LogP contribution is 2.58. The van der Waals surface area contributed by atoms with Crippen LogP contribution in [0, 0.1) is 35.9 Å². The molecule has 9 nitrogen and oxygen atoms in total. The van der Waals surface area contributed by atoms with Crippen LogP contribution < -0.4 is 4.74 Å². The SMILES string of the molecule is COC(=O)c1cc(C)c2nc(CN3C[C@@H]4[C@H](C3)[C@H]4c3cccc(OCc4ccc(C#N)cc4F)n3)n(C[C@@H]3CCO3)c2c1. The zero-order valence-corrected chi connectivity index (χ0v) is 24.1. The average Bonchev–Trinajstić information content (AvgIpc) is 3.30. The lowest BCUT2D eigenvalue weighted by Gasteiger charge is -2.28. The predicted octanol–water partition coefficient (Wildman–Crippen LogP) is 4.75. The van der Waals surface area contributed by atoms with E-state index in [9.17, 15) is 9.18 Å². The monoisotopic (exact) mass is 581 g/mol. The molecule has 0 amide bonds. The number of aryl methyl sites for hydroxylation is 1. The average molecular weight is 582 g/mol. The second-order valence-corrected chi connectivity index (χ2v) is 11.7. The van der Waals surface area contributed by atoms with E-state index in [1.54, 1.807) is 18.2 Å². The lowest BCUT2D eigenvalue weighted by Crippen LogP contribution is -2.33. The van der Waals surface area contributed by atoms with Gasteiger partial charge in [-0.1, -0.05) is 12.1 Å². The fourth-order valence-electron chi connectivity index (χ4n) is 6.60. The van der Waals surface area contributed by atoms with Gasteiger partial charge in [0.05, 0.1) is 54.5 Å². The van der Waals surface area contributed by atoms with Crippen molar-refractivity contribution in [3.05, 3.63) is 88.1 Å². The minimum Gasteiger partial charge on any atom is -0.473 e. The number of imidazole rings is 1. The first-order chi connectivity index (χ1) is 20.9. The van der Waals surface area contributed by atoms with Gasteiger partial charge in [-0.2, -0.15) is 5.26 Å². The van der Waals surface area contributed by atoms with E-state index in [4.69, 9.17) is 29.4 Å². The van der Waals surface area contributed by atoms with Crippen molar-refractivity contribution < 1.29 is 23.4 Å². The van der Waals surface area contributed by atoms with Crippen molar-refractivity contribution in [1.82, 2.24) is 19.4 Å². The first-order valence-electron chi connectivity index (χ1n) is 14.6. The summed E-state index contributed by atoms with van der Waals surface area (Å²) in [7, 11) is 1.40. The van der Waals surface area contributed by atoms with Crippen molar-refractivity contribution in [2.45, 2.75) is 45.1 Å². The molecule has 0 spiro atoms. The molecule has 2 aliphatic heterocycles. The van der Waals surface area contributed by atoms with Crippen molar-refractivity contribution in [2.75, 3.05) is 26.8 Å². The number of likely N-dealkylation sites (tertiary alicyclic amines) is 1. The quantitative estimate of drug-likeness (QED) is 0.261. The standard InChI is InChI=1S/C33H32FN5O4/c1-19-10-22(33(40)41-2)12-28-32(19)37-29(39(28)14-23-8-9-42-23)17-38-15-24-25(16-38)31(24)27-4-3-5-30(36-27)43-18-21-7-6-20(13-35)11-26(21)34/h3-7,10-12,23-25,31H,8-9,14-18H2,1-2H3/t23-,24-,25+,31+/m0/s1. The molecule has 4 atom stereocenters. The topological polar surface area (TPSA) is 102 Å². The van der Waals surface area contributed by atoms with Gasteiger partial charge in [0.1, 0.15) is 18.2 Å². The lowest BCUT2D eigenvalue weighted by molar-refractivity contribution is -0.0591. The van der Waals surface area contributed by atoms with Gasteiger partial charge in [-0.15, -0.1) is 0 Å². The predicted molar refractivity (Wildman–Crippen MR) is 155 cm³/mol. The number of rotatable bonds is 9. The fourth-order valence-corrected chi connectivity index (χ4v) is 6.60. The Labute approximate surface area is 248 Å². The summed E-state index contributed by atoms with van der Waals surface area (Å²) in [6.45, 7) is 6.15. The number of esters is 1. The third-order valence-corrected chi connectivity index (χ3v) is 9.00. The summed E-state index contributed by atoms with van der Waals surface area (Å²) in [6.07, 6.45) is 1.17. The molecule has 7 rings (SSSR count). The Bertz CT molecular complexity index is 1750. The number of nitriles is 1. The van der Waals surface area contributed by atoms with E-state index < -0.39 is 5.82 Å². The molecule has 2 aromatic carbocycles. The van der Waals surface area contributed by atoms with E-state index in [-0.39, 0.29) is 24.2 Å². The lowest BCUT2D eigenvalue weighted by atomic mass is 10.1. The fraction of sp³-hybridized carbons (Fsp3) is 0.394. The summed E-state index contributed by atoms with van der Waals surface area (Å²) in [5, 5.41) is 8.95. The Morgan fingerprint density at radius 2 is 1.98 bits per heavy atom. The molecule has 0 radical (unpaired) electrons. The third kappa shape index (κ3) is 5.24. The largest absolute Gasteiger partial charge is 0.473 e. The Hall–Kier alpha value is -4.33. The van der Waals surface area contributed by atoms with Crippen molar-refractivity contribution in [1.29, 1.82) is 5.26 Å². The summed E-state index contributed by atoms with van der Waals surface area (Å²) in [6, 6.07) is 15.8. The number of pyridine rings is 1. The molecule has 2 aromatic heterocycles. The van der Waals surface area contributed by atoms with Crippen LogP contribution in [-0.4, -0.2) is 58.3 Å². The summed E-state index contributed by atoms with van der Waals surface area (Å²) in [5.41, 5.74) is 5.00. The van der Waals surface area contributed by atoms with Gasteiger partial charge in [-0.25, -0.2) is 19.2 Å². The van der Waals surface area contributed by atoms with Crippen LogP contribution >= 0.6 is 0 Å². The second-order valence-electron chi connectivity index (χ2n) is 11.7. The van der Waals surface area contributed by atoms with Gasteiger partial charge in [0.2, 0.25) is 5.88 Å². The van der Waals surface area contributed by atoms with Crippen LogP contribution in [-0.2, 0) is 29.2 Å². The van der Waals surface area contributed by atoms with Gasteiger partial charge in [0, 0.05) is 42.9 Å². The number of fused-ring (bicyclic) bond motifs is 2. The van der Waals surface area contributed by atoms with Crippen LogP contribution in [0.1, 0.15) is 50.9 Å². The van der Waals surface area contributed by atoms with E-state index >= 15 is 0 Å². The number of nitrogens with zero attached hydrogens (tertiary/aromatic N) is 5. The smallest absolute Gasteiger partial charge is 0.337 e. The van der Waals surface area contributed by atoms with Gasteiger partial charge in [0.25, 0.3) is 0 Å². The van der Waals surface area contributed by atoms with Crippen molar-refractivity contribution in [2.24, 2.45) is 11.8 Å². The Kier molecular flexibility index (Phi) is 7.07. The molecule has 0 N–H and O–H groups in total. The molecule has 4 heterocycles. The van der Waals surface area contributed by atoms with Crippen LogP contribution in [0.4, 0.5) is 4.39 Å². The first-order valence-corrected chi connectivity index (χ1v) is 14.6. The Balaban J connectivity index is 1.03. The number of aromatic nitrogens is 3. The van der Waals surface area contributed by atoms with Crippen LogP contribution in [0.15, 0.2) is 48.5 Å². The Morgan fingerprint density at radius 1 is 1.16 bits per heavy atom. The number of carbonyl (C=O) groups is 1. The highest BCUT2D eigenvalue weighted by atomic mass is 19.1. The third-order valence-electron chi connectivity index (χ3n) is 9.00. The maximum atomic E-state index is 14.3. The molecule has 0 unspecified atom stereocenters. The van der Waals surface area contributed by atoms with Gasteiger partial charge in [-0.05, 0) is 61.1 Å². The highest BCUT2D eigenvalue weighted by Gasteiger charge is 2.57. The number of carbonyl (C=O) groups excluding carboxylic acids is 1. The number of hydrogen-bond acceptors (Lipinski definition) is 8. The highest BCUT2D eigenvalue weighted by molar-refractivity contribution is 5.95. The van der Waals surface area contributed by atoms with Crippen molar-refractivity contribution in [3.8, 4) is 11.9 Å². The number of piperidine rings is 1. The summed E-state index contributed by atoms with van der Waals surface area (Å²) in [5.74, 6) is 2.04. The number of hydrogen-bond donors (Lipinski definition) is 0. The summed E-state index contributed by atoms with van der Waals surface area (Å²) < 4.78 is 33.1. The molecule has 1 aliphatic carbocycles. The van der Waals surface area contributed by atoms with Crippen LogP contribution in [0.25, 0.3) is 11.0 Å². The molecule has 4 aromatic rings. The van der Waals surface area contributed by atoms with E-state index in [0.717, 1.165) is 60.8 Å². The number of ether oxygens (including phenoxy) is 3.